The van der Waals surface area contributed by atoms with Gasteiger partial charge in [-0.2, -0.15) is 18.3 Å². The van der Waals surface area contributed by atoms with E-state index in [2.05, 4.69) is 9.84 Å². The van der Waals surface area contributed by atoms with Gasteiger partial charge in [-0.15, -0.1) is 0 Å². The number of thioether (sulfide) groups is 1. The molecular weight excluding hydrogens is 519 g/mol. The van der Waals surface area contributed by atoms with Crippen molar-refractivity contribution in [3.8, 4) is 0 Å². The molecule has 2 heterocycles. The molecule has 0 aliphatic carbocycles. The Morgan fingerprint density at radius 3 is 2.69 bits per heavy atom. The predicted octanol–water partition coefficient (Wildman–Crippen LogP) is 5.52. The minimum absolute atomic E-state index is 0.00931. The number of halogens is 4. The van der Waals surface area contributed by atoms with Crippen LogP contribution in [-0.4, -0.2) is 45.5 Å². The summed E-state index contributed by atoms with van der Waals surface area (Å²) in [7, 11) is 1.22. The lowest BCUT2D eigenvalue weighted by Crippen LogP contribution is -2.28. The highest BCUT2D eigenvalue weighted by Crippen LogP contribution is 2.35. The van der Waals surface area contributed by atoms with Crippen LogP contribution in [0.15, 0.2) is 59.7 Å². The summed E-state index contributed by atoms with van der Waals surface area (Å²) in [5, 5.41) is 4.38. The van der Waals surface area contributed by atoms with E-state index in [9.17, 15) is 27.6 Å². The van der Waals surface area contributed by atoms with E-state index in [1.165, 1.54) is 36.2 Å². The number of amides is 2. The van der Waals surface area contributed by atoms with Crippen molar-refractivity contribution in [2.75, 3.05) is 13.7 Å². The van der Waals surface area contributed by atoms with E-state index >= 15 is 0 Å². The van der Waals surface area contributed by atoms with Gasteiger partial charge in [0.2, 0.25) is 0 Å². The average molecular weight is 536 g/mol. The van der Waals surface area contributed by atoms with Gasteiger partial charge in [0, 0.05) is 23.0 Å². The maximum atomic E-state index is 13.4. The number of rotatable bonds is 6. The van der Waals surface area contributed by atoms with E-state index in [1.807, 2.05) is 0 Å². The smallest absolute Gasteiger partial charge is 0.416 e. The highest BCUT2D eigenvalue weighted by molar-refractivity contribution is 8.18. The fourth-order valence-corrected chi connectivity index (χ4v) is 4.58. The molecule has 0 unspecified atom stereocenters. The Kier molecular flexibility index (Phi) is 7.23. The van der Waals surface area contributed by atoms with Crippen LogP contribution in [-0.2, 0) is 27.0 Å². The fraction of sp³-hybridized carbons (Fsp3) is 0.167. The number of aromatic nitrogens is 2. The van der Waals surface area contributed by atoms with Gasteiger partial charge in [-0.1, -0.05) is 29.8 Å². The first kappa shape index (κ1) is 25.5. The third-order valence-corrected chi connectivity index (χ3v) is 6.42. The highest BCUT2D eigenvalue weighted by Gasteiger charge is 2.35. The molecule has 0 N–H and O–H groups in total. The van der Waals surface area contributed by atoms with E-state index in [1.54, 1.807) is 24.3 Å². The van der Waals surface area contributed by atoms with Crippen LogP contribution in [0.5, 0.6) is 0 Å². The molecule has 1 aromatic heterocycles. The van der Waals surface area contributed by atoms with Crippen molar-refractivity contribution in [1.82, 2.24) is 14.7 Å². The Labute approximate surface area is 212 Å². The number of nitrogens with zero attached hydrogens (tertiary/aromatic N) is 3. The Morgan fingerprint density at radius 2 is 1.97 bits per heavy atom. The molecule has 4 rings (SSSR count). The summed E-state index contributed by atoms with van der Waals surface area (Å²) in [4.78, 5) is 37.2. The quantitative estimate of drug-likeness (QED) is 0.305. The van der Waals surface area contributed by atoms with Crippen molar-refractivity contribution in [2.24, 2.45) is 0 Å². The first-order valence-electron chi connectivity index (χ1n) is 10.4. The Balaban J connectivity index is 1.55. The molecule has 7 nitrogen and oxygen atoms in total. The standard InChI is InChI=1S/C24H17ClF3N3O4S/c1-35-21(32)3-2-8-30-22(33)20(36-23(30)34)10-14-4-7-19-16(9-14)12-29-31(19)13-15-5-6-17(25)11-18(15)24(26,27)28/h2-7,9-12H,8,13H2,1H3. The Morgan fingerprint density at radius 1 is 1.19 bits per heavy atom. The van der Waals surface area contributed by atoms with Gasteiger partial charge in [0.05, 0.1) is 35.8 Å². The molecule has 2 amide bonds. The second kappa shape index (κ2) is 10.2. The van der Waals surface area contributed by atoms with Gasteiger partial charge in [-0.05, 0) is 53.2 Å². The molecule has 0 atom stereocenters. The SMILES string of the molecule is COC(=O)C=CCN1C(=O)SC(=Cc2ccc3c(cnn3Cc3ccc(Cl)cc3C(F)(F)F)c2)C1=O. The normalized spacial score (nSPS) is 15.6. The van der Waals surface area contributed by atoms with Crippen molar-refractivity contribution < 1.29 is 32.3 Å². The molecule has 2 aromatic carbocycles. The topological polar surface area (TPSA) is 81.5 Å². The minimum atomic E-state index is -4.56. The van der Waals surface area contributed by atoms with Crippen LogP contribution in [0.1, 0.15) is 16.7 Å². The maximum Gasteiger partial charge on any atom is 0.416 e. The molecule has 0 radical (unpaired) electrons. The predicted molar refractivity (Wildman–Crippen MR) is 129 cm³/mol. The van der Waals surface area contributed by atoms with E-state index in [4.69, 9.17) is 11.6 Å². The number of benzene rings is 2. The summed E-state index contributed by atoms with van der Waals surface area (Å²) in [6.45, 7) is -0.194. The van der Waals surface area contributed by atoms with Crippen molar-refractivity contribution in [1.29, 1.82) is 0 Å². The van der Waals surface area contributed by atoms with Gasteiger partial charge in [0.15, 0.2) is 0 Å². The van der Waals surface area contributed by atoms with Crippen LogP contribution < -0.4 is 0 Å². The zero-order chi connectivity index (χ0) is 26.0. The van der Waals surface area contributed by atoms with Crippen LogP contribution in [0, 0.1) is 0 Å². The zero-order valence-corrected chi connectivity index (χ0v) is 20.2. The second-order valence-electron chi connectivity index (χ2n) is 7.64. The van der Waals surface area contributed by atoms with Gasteiger partial charge < -0.3 is 4.74 Å². The van der Waals surface area contributed by atoms with Crippen molar-refractivity contribution in [3.63, 3.8) is 0 Å². The lowest BCUT2D eigenvalue weighted by molar-refractivity contribution is -0.138. The van der Waals surface area contributed by atoms with Crippen LogP contribution in [0.25, 0.3) is 17.0 Å². The molecule has 0 saturated carbocycles. The molecule has 3 aromatic rings. The van der Waals surface area contributed by atoms with Crippen molar-refractivity contribution >= 4 is 57.5 Å². The summed E-state index contributed by atoms with van der Waals surface area (Å²) in [6, 6.07) is 8.69. The number of carbonyl (C=O) groups is 3. The number of ether oxygens (including phenoxy) is 1. The van der Waals surface area contributed by atoms with Crippen LogP contribution in [0.4, 0.5) is 18.0 Å². The number of fused-ring (bicyclic) bond motifs is 1. The van der Waals surface area contributed by atoms with Gasteiger partial charge in [-0.3, -0.25) is 19.2 Å². The summed E-state index contributed by atoms with van der Waals surface area (Å²) in [5.41, 5.74) is 0.403. The summed E-state index contributed by atoms with van der Waals surface area (Å²) in [5.74, 6) is -1.10. The van der Waals surface area contributed by atoms with E-state index in [0.717, 1.165) is 28.8 Å². The number of methoxy groups -OCH3 is 1. The minimum Gasteiger partial charge on any atom is -0.466 e. The highest BCUT2D eigenvalue weighted by atomic mass is 35.5. The molecule has 12 heteroatoms. The molecule has 0 bridgehead atoms. The second-order valence-corrected chi connectivity index (χ2v) is 9.07. The number of hydrogen-bond donors (Lipinski definition) is 0. The summed E-state index contributed by atoms with van der Waals surface area (Å²) in [6.07, 6.45) is 0.983. The number of carbonyl (C=O) groups excluding carboxylic acids is 3. The number of hydrogen-bond acceptors (Lipinski definition) is 6. The number of imide groups is 1. The Hall–Kier alpha value is -3.57. The summed E-state index contributed by atoms with van der Waals surface area (Å²) < 4.78 is 46.3. The molecule has 0 spiro atoms. The van der Waals surface area contributed by atoms with E-state index in [0.29, 0.717) is 16.5 Å². The molecule has 36 heavy (non-hydrogen) atoms. The third kappa shape index (κ3) is 5.47. The first-order chi connectivity index (χ1) is 17.1. The molecule has 1 aliphatic heterocycles. The lowest BCUT2D eigenvalue weighted by atomic mass is 10.1. The van der Waals surface area contributed by atoms with Gasteiger partial charge in [-0.25, -0.2) is 4.79 Å². The van der Waals surface area contributed by atoms with Crippen LogP contribution in [0.2, 0.25) is 5.02 Å². The average Bonchev–Trinajstić information content (AvgIpc) is 3.34. The van der Waals surface area contributed by atoms with Crippen molar-refractivity contribution in [2.45, 2.75) is 12.7 Å². The molecule has 1 saturated heterocycles. The van der Waals surface area contributed by atoms with Crippen molar-refractivity contribution in [3.05, 3.63) is 81.4 Å². The first-order valence-corrected chi connectivity index (χ1v) is 11.6. The lowest BCUT2D eigenvalue weighted by Gasteiger charge is -2.14. The van der Waals surface area contributed by atoms with Crippen LogP contribution in [0.3, 0.4) is 0 Å². The van der Waals surface area contributed by atoms with Gasteiger partial charge >= 0.3 is 12.1 Å². The number of esters is 1. The maximum absolute atomic E-state index is 13.4. The molecular formula is C24H17ClF3N3O4S. The molecule has 186 valence electrons. The monoisotopic (exact) mass is 535 g/mol. The Bertz CT molecular complexity index is 1430. The van der Waals surface area contributed by atoms with Gasteiger partial charge in [0.25, 0.3) is 11.1 Å². The largest absolute Gasteiger partial charge is 0.466 e. The molecule has 1 fully saturated rings. The third-order valence-electron chi connectivity index (χ3n) is 5.28. The zero-order valence-electron chi connectivity index (χ0n) is 18.6. The van der Waals surface area contributed by atoms with E-state index in [-0.39, 0.29) is 28.6 Å². The molecule has 1 aliphatic rings. The van der Waals surface area contributed by atoms with E-state index < -0.39 is 28.9 Å². The van der Waals surface area contributed by atoms with Gasteiger partial charge in [0.1, 0.15) is 0 Å². The van der Waals surface area contributed by atoms with Crippen LogP contribution >= 0.6 is 23.4 Å². The number of alkyl halides is 3. The summed E-state index contributed by atoms with van der Waals surface area (Å²) >= 11 is 6.53. The fourth-order valence-electron chi connectivity index (χ4n) is 3.56.